The highest BCUT2D eigenvalue weighted by molar-refractivity contribution is 6.21. The summed E-state index contributed by atoms with van der Waals surface area (Å²) < 4.78 is 54.8. The van der Waals surface area contributed by atoms with Gasteiger partial charge in [-0.3, -0.25) is 24.2 Å². The van der Waals surface area contributed by atoms with Crippen LogP contribution in [-0.2, 0) is 20.9 Å². The fourth-order valence-corrected chi connectivity index (χ4v) is 3.26. The van der Waals surface area contributed by atoms with Crippen LogP contribution in [0.2, 0.25) is 0 Å². The molecule has 1 fully saturated rings. The molecule has 0 N–H and O–H groups in total. The Morgan fingerprint density at radius 3 is 2.25 bits per heavy atom. The number of nitrogens with zero attached hydrogens (tertiary/aromatic N) is 2. The highest BCUT2D eigenvalue weighted by atomic mass is 19.4. The Bertz CT molecular complexity index is 856. The molecule has 9 heteroatoms. The molecule has 0 saturated heterocycles. The molecule has 0 unspecified atom stereocenters. The van der Waals surface area contributed by atoms with E-state index in [0.29, 0.717) is 5.69 Å². The molecular formula is C19H16F4N2O3. The summed E-state index contributed by atoms with van der Waals surface area (Å²) in [4.78, 5) is 29.5. The molecule has 1 saturated carbocycles. The van der Waals surface area contributed by atoms with Gasteiger partial charge in [0.05, 0.1) is 30.0 Å². The van der Waals surface area contributed by atoms with Crippen LogP contribution in [0.4, 0.5) is 17.6 Å². The van der Waals surface area contributed by atoms with Crippen LogP contribution in [0.25, 0.3) is 0 Å². The summed E-state index contributed by atoms with van der Waals surface area (Å²) in [7, 11) is 0. The molecule has 0 spiro atoms. The van der Waals surface area contributed by atoms with E-state index >= 15 is 0 Å². The minimum atomic E-state index is -4.70. The first kappa shape index (κ1) is 19.9. The second-order valence-electron chi connectivity index (χ2n) is 6.49. The van der Waals surface area contributed by atoms with Crippen molar-refractivity contribution in [1.82, 2.24) is 9.88 Å². The summed E-state index contributed by atoms with van der Waals surface area (Å²) in [5.41, 5.74) is 0.598. The van der Waals surface area contributed by atoms with Crippen molar-refractivity contribution in [1.29, 1.82) is 0 Å². The molecule has 0 atom stereocenters. The highest BCUT2D eigenvalue weighted by Crippen LogP contribution is 2.41. The molecule has 5 nitrogen and oxygen atoms in total. The molecule has 1 aromatic rings. The van der Waals surface area contributed by atoms with Gasteiger partial charge in [0.15, 0.2) is 0 Å². The number of hydrogen-bond donors (Lipinski definition) is 0. The molecule has 2 aliphatic rings. The minimum absolute atomic E-state index is 0.0422. The van der Waals surface area contributed by atoms with Crippen LogP contribution in [0.3, 0.4) is 0 Å². The molecule has 0 radical (unpaired) electrons. The van der Waals surface area contributed by atoms with Gasteiger partial charge in [0.2, 0.25) is 0 Å². The van der Waals surface area contributed by atoms with E-state index in [1.54, 1.807) is 0 Å². The average Bonchev–Trinajstić information content (AvgIpc) is 2.82. The van der Waals surface area contributed by atoms with E-state index in [9.17, 15) is 27.2 Å². The molecule has 3 rings (SSSR count). The highest BCUT2D eigenvalue weighted by Gasteiger charge is 2.41. The van der Waals surface area contributed by atoms with Crippen LogP contribution in [0, 0.1) is 5.82 Å². The topological polar surface area (TPSA) is 59.5 Å². The van der Waals surface area contributed by atoms with E-state index in [-0.39, 0.29) is 42.0 Å². The second-order valence-corrected chi connectivity index (χ2v) is 6.49. The monoisotopic (exact) mass is 396 g/mol. The van der Waals surface area contributed by atoms with Crippen molar-refractivity contribution in [2.24, 2.45) is 0 Å². The number of halogens is 4. The van der Waals surface area contributed by atoms with Crippen LogP contribution in [0.5, 0.6) is 0 Å². The molecule has 1 aromatic heterocycles. The summed E-state index contributed by atoms with van der Waals surface area (Å²) in [5.74, 6) is -2.27. The van der Waals surface area contributed by atoms with Crippen LogP contribution in [0.15, 0.2) is 48.7 Å². The van der Waals surface area contributed by atoms with Crippen LogP contribution in [-0.4, -0.2) is 34.2 Å². The van der Waals surface area contributed by atoms with E-state index in [1.165, 1.54) is 18.2 Å². The summed E-state index contributed by atoms with van der Waals surface area (Å²) in [6.07, 6.45) is -2.06. The van der Waals surface area contributed by atoms with Gasteiger partial charge in [-0.15, -0.1) is 13.2 Å². The number of carbonyl (C=O) groups is 2. The predicted octanol–water partition coefficient (Wildman–Crippen LogP) is 3.54. The maximum absolute atomic E-state index is 14.2. The van der Waals surface area contributed by atoms with E-state index in [0.717, 1.165) is 11.1 Å². The zero-order valence-electron chi connectivity index (χ0n) is 14.6. The third-order valence-electron chi connectivity index (χ3n) is 4.75. The van der Waals surface area contributed by atoms with Gasteiger partial charge in [-0.05, 0) is 18.9 Å². The lowest BCUT2D eigenvalue weighted by molar-refractivity contribution is -0.351. The van der Waals surface area contributed by atoms with E-state index in [4.69, 9.17) is 0 Å². The Morgan fingerprint density at radius 1 is 1.18 bits per heavy atom. The van der Waals surface area contributed by atoms with Crippen molar-refractivity contribution in [3.63, 3.8) is 0 Å². The molecule has 2 amide bonds. The first-order valence-electron chi connectivity index (χ1n) is 8.38. The number of rotatable bonds is 6. The summed E-state index contributed by atoms with van der Waals surface area (Å²) in [6.45, 7) is 6.65. The van der Waals surface area contributed by atoms with Gasteiger partial charge in [0.1, 0.15) is 5.82 Å². The van der Waals surface area contributed by atoms with Gasteiger partial charge < -0.3 is 0 Å². The van der Waals surface area contributed by atoms with Crippen molar-refractivity contribution in [2.75, 3.05) is 0 Å². The first-order valence-corrected chi connectivity index (χ1v) is 8.38. The van der Waals surface area contributed by atoms with Crippen molar-refractivity contribution in [2.45, 2.75) is 37.8 Å². The zero-order valence-corrected chi connectivity index (χ0v) is 14.6. The molecule has 148 valence electrons. The Hall–Kier alpha value is -2.81. The van der Waals surface area contributed by atoms with E-state index in [1.807, 2.05) is 0 Å². The molecule has 0 bridgehead atoms. The van der Waals surface area contributed by atoms with Crippen LogP contribution >= 0.6 is 0 Å². The third kappa shape index (κ3) is 3.75. The first-order chi connectivity index (χ1) is 13.1. The summed E-state index contributed by atoms with van der Waals surface area (Å²) >= 11 is 0. The molecule has 1 aliphatic heterocycles. The largest absolute Gasteiger partial charge is 0.522 e. The smallest absolute Gasteiger partial charge is 0.289 e. The van der Waals surface area contributed by atoms with E-state index < -0.39 is 30.1 Å². The maximum atomic E-state index is 14.2. The number of imide groups is 1. The Morgan fingerprint density at radius 2 is 1.75 bits per heavy atom. The van der Waals surface area contributed by atoms with Crippen LogP contribution in [0.1, 0.15) is 30.0 Å². The lowest BCUT2D eigenvalue weighted by Crippen LogP contribution is -2.35. The standard InChI is InChI=1S/C19H16F4N2O3/c1-3-13-14(4-2)18(27)25(17(13)26)9-11-7-16(24-8-15(11)20)10-5-12(6-10)28-19(21,22)23/h3-4,7-8,10,12H,1-2,5-6,9H2. The van der Waals surface area contributed by atoms with Gasteiger partial charge in [0, 0.05) is 17.2 Å². The minimum Gasteiger partial charge on any atom is -0.289 e. The third-order valence-corrected chi connectivity index (χ3v) is 4.75. The van der Waals surface area contributed by atoms with E-state index in [2.05, 4.69) is 22.9 Å². The lowest BCUT2D eigenvalue weighted by Gasteiger charge is -2.35. The zero-order chi connectivity index (χ0) is 20.6. The molecule has 28 heavy (non-hydrogen) atoms. The van der Waals surface area contributed by atoms with Crippen molar-refractivity contribution >= 4 is 11.8 Å². The molecule has 2 heterocycles. The Balaban J connectivity index is 1.74. The number of aromatic nitrogens is 1. The van der Waals surface area contributed by atoms with Gasteiger partial charge >= 0.3 is 6.36 Å². The second kappa shape index (κ2) is 7.31. The fourth-order valence-electron chi connectivity index (χ4n) is 3.26. The molecule has 0 aromatic carbocycles. The van der Waals surface area contributed by atoms with Gasteiger partial charge in [0.25, 0.3) is 11.8 Å². The van der Waals surface area contributed by atoms with Crippen molar-refractivity contribution in [3.05, 3.63) is 65.8 Å². The summed E-state index contributed by atoms with van der Waals surface area (Å²) in [5, 5.41) is 0. The SMILES string of the molecule is C=CC1=C(C=C)C(=O)N(Cc2cc(C3CC(OC(F)(F)F)C3)ncc2F)C1=O. The average molecular weight is 396 g/mol. The van der Waals surface area contributed by atoms with Gasteiger partial charge in [-0.2, -0.15) is 0 Å². The van der Waals surface area contributed by atoms with Gasteiger partial charge in [-0.1, -0.05) is 25.3 Å². The summed E-state index contributed by atoms with van der Waals surface area (Å²) in [6, 6.07) is 1.36. The number of hydrogen-bond acceptors (Lipinski definition) is 4. The number of ether oxygens (including phenoxy) is 1. The van der Waals surface area contributed by atoms with Crippen LogP contribution < -0.4 is 0 Å². The predicted molar refractivity (Wildman–Crippen MR) is 90.1 cm³/mol. The lowest BCUT2D eigenvalue weighted by atomic mass is 9.79. The maximum Gasteiger partial charge on any atom is 0.522 e. The Labute approximate surface area is 158 Å². The number of pyridine rings is 1. The van der Waals surface area contributed by atoms with Gasteiger partial charge in [-0.25, -0.2) is 4.39 Å². The number of amides is 2. The normalized spacial score (nSPS) is 22.5. The number of alkyl halides is 3. The number of carbonyl (C=O) groups excluding carboxylic acids is 2. The molecular weight excluding hydrogens is 380 g/mol. The Kier molecular flexibility index (Phi) is 5.20. The quantitative estimate of drug-likeness (QED) is 0.545. The van der Waals surface area contributed by atoms with Crippen molar-refractivity contribution in [3.8, 4) is 0 Å². The van der Waals surface area contributed by atoms with Crippen molar-refractivity contribution < 1.29 is 31.9 Å². The molecule has 1 aliphatic carbocycles. The fraction of sp³-hybridized carbons (Fsp3) is 0.316.